The van der Waals surface area contributed by atoms with Gasteiger partial charge in [-0.25, -0.2) is 0 Å². The van der Waals surface area contributed by atoms with Crippen LogP contribution in [0.2, 0.25) is 0 Å². The van der Waals surface area contributed by atoms with Gasteiger partial charge in [-0.05, 0) is 7.05 Å². The molecule has 0 spiro atoms. The smallest absolute Gasteiger partial charge is 0.306 e. The summed E-state index contributed by atoms with van der Waals surface area (Å²) in [5.41, 5.74) is 0. The summed E-state index contributed by atoms with van der Waals surface area (Å²) >= 11 is 0. The van der Waals surface area contributed by atoms with Crippen molar-refractivity contribution in [2.45, 2.75) is 18.9 Å². The van der Waals surface area contributed by atoms with Crippen molar-refractivity contribution < 1.29 is 19.4 Å². The molecular weight excluding hydrogens is 174 g/mol. The quantitative estimate of drug-likeness (QED) is 0.612. The van der Waals surface area contributed by atoms with Crippen molar-refractivity contribution in [3.8, 4) is 0 Å². The Labute approximate surface area is 76.3 Å². The van der Waals surface area contributed by atoms with E-state index in [0.717, 1.165) is 13.1 Å². The number of aliphatic carboxylic acids is 1. The molecule has 0 saturated carbocycles. The first-order valence-electron chi connectivity index (χ1n) is 4.17. The standard InChI is InChI=1S/C8H13NO4/c1-9-4-6(5-9)13-8(12)3-2-7(10)11/h6H,2-5H2,1H3,(H,10,11). The zero-order chi connectivity index (χ0) is 9.84. The van der Waals surface area contributed by atoms with Crippen LogP contribution in [-0.4, -0.2) is 48.2 Å². The number of rotatable bonds is 4. The van der Waals surface area contributed by atoms with E-state index in [1.54, 1.807) is 0 Å². The lowest BCUT2D eigenvalue weighted by Crippen LogP contribution is -2.50. The van der Waals surface area contributed by atoms with Crippen molar-refractivity contribution in [3.63, 3.8) is 0 Å². The van der Waals surface area contributed by atoms with E-state index < -0.39 is 11.9 Å². The van der Waals surface area contributed by atoms with Gasteiger partial charge in [-0.2, -0.15) is 0 Å². The SMILES string of the molecule is CN1CC(OC(=O)CCC(=O)O)C1. The molecular formula is C8H13NO4. The van der Waals surface area contributed by atoms with E-state index in [4.69, 9.17) is 9.84 Å². The van der Waals surface area contributed by atoms with Crippen molar-refractivity contribution >= 4 is 11.9 Å². The normalized spacial score (nSPS) is 17.9. The molecule has 13 heavy (non-hydrogen) atoms. The number of ether oxygens (including phenoxy) is 1. The van der Waals surface area contributed by atoms with Gasteiger partial charge in [-0.3, -0.25) is 14.5 Å². The van der Waals surface area contributed by atoms with Crippen molar-refractivity contribution in [1.29, 1.82) is 0 Å². The number of hydrogen-bond acceptors (Lipinski definition) is 4. The fourth-order valence-corrected chi connectivity index (χ4v) is 1.17. The third kappa shape index (κ3) is 3.42. The minimum Gasteiger partial charge on any atom is -0.481 e. The van der Waals surface area contributed by atoms with Crippen molar-refractivity contribution in [2.24, 2.45) is 0 Å². The molecule has 1 heterocycles. The number of carboxylic acids is 1. The Morgan fingerprint density at radius 1 is 1.46 bits per heavy atom. The number of carboxylic acid groups (broad SMARTS) is 1. The molecule has 5 nitrogen and oxygen atoms in total. The number of likely N-dealkylation sites (tertiary alicyclic amines) is 1. The number of hydrogen-bond donors (Lipinski definition) is 1. The zero-order valence-electron chi connectivity index (χ0n) is 7.52. The highest BCUT2D eigenvalue weighted by Crippen LogP contribution is 2.09. The molecule has 0 bridgehead atoms. The Morgan fingerprint density at radius 3 is 2.54 bits per heavy atom. The van der Waals surface area contributed by atoms with Crippen molar-refractivity contribution in [2.75, 3.05) is 20.1 Å². The largest absolute Gasteiger partial charge is 0.481 e. The van der Waals surface area contributed by atoms with Crippen LogP contribution in [0.15, 0.2) is 0 Å². The molecule has 1 aliphatic rings. The Bertz CT molecular complexity index is 210. The van der Waals surface area contributed by atoms with E-state index >= 15 is 0 Å². The van der Waals surface area contributed by atoms with Gasteiger partial charge in [-0.15, -0.1) is 0 Å². The molecule has 0 unspecified atom stereocenters. The molecule has 0 amide bonds. The van der Waals surface area contributed by atoms with Gasteiger partial charge < -0.3 is 9.84 Å². The summed E-state index contributed by atoms with van der Waals surface area (Å²) in [5, 5.41) is 8.29. The Morgan fingerprint density at radius 2 is 2.08 bits per heavy atom. The molecule has 0 radical (unpaired) electrons. The van der Waals surface area contributed by atoms with Gasteiger partial charge in [0.05, 0.1) is 12.8 Å². The highest BCUT2D eigenvalue weighted by molar-refractivity contribution is 5.76. The molecule has 1 N–H and O–H groups in total. The monoisotopic (exact) mass is 187 g/mol. The lowest BCUT2D eigenvalue weighted by molar-refractivity contribution is -0.158. The number of esters is 1. The van der Waals surface area contributed by atoms with E-state index in [1.807, 2.05) is 11.9 Å². The van der Waals surface area contributed by atoms with Crippen molar-refractivity contribution in [3.05, 3.63) is 0 Å². The molecule has 0 aliphatic carbocycles. The van der Waals surface area contributed by atoms with Crippen LogP contribution in [-0.2, 0) is 14.3 Å². The van der Waals surface area contributed by atoms with E-state index in [2.05, 4.69) is 0 Å². The van der Waals surface area contributed by atoms with Crippen LogP contribution in [0.1, 0.15) is 12.8 Å². The van der Waals surface area contributed by atoms with Crippen molar-refractivity contribution in [1.82, 2.24) is 4.90 Å². The van der Waals surface area contributed by atoms with Gasteiger partial charge in [-0.1, -0.05) is 0 Å². The van der Waals surface area contributed by atoms with Gasteiger partial charge in [0.1, 0.15) is 6.10 Å². The summed E-state index contributed by atoms with van der Waals surface area (Å²) in [4.78, 5) is 23.1. The van der Waals surface area contributed by atoms with Gasteiger partial charge >= 0.3 is 11.9 Å². The molecule has 0 atom stereocenters. The second kappa shape index (κ2) is 4.23. The predicted octanol–water partition coefficient (Wildman–Crippen LogP) is -0.292. The molecule has 0 aromatic rings. The Balaban J connectivity index is 2.08. The summed E-state index contributed by atoms with van der Waals surface area (Å²) in [6.45, 7) is 1.50. The van der Waals surface area contributed by atoms with Crippen LogP contribution < -0.4 is 0 Å². The Kier molecular flexibility index (Phi) is 3.25. The highest BCUT2D eigenvalue weighted by atomic mass is 16.5. The Hall–Kier alpha value is -1.10. The molecule has 0 aromatic heterocycles. The van der Waals surface area contributed by atoms with Gasteiger partial charge in [0.2, 0.25) is 0 Å². The van der Waals surface area contributed by atoms with Crippen LogP contribution in [0.5, 0.6) is 0 Å². The molecule has 1 fully saturated rings. The van der Waals surface area contributed by atoms with Crippen LogP contribution in [0.4, 0.5) is 0 Å². The van der Waals surface area contributed by atoms with E-state index in [0.29, 0.717) is 0 Å². The zero-order valence-corrected chi connectivity index (χ0v) is 7.52. The molecule has 74 valence electrons. The topological polar surface area (TPSA) is 66.8 Å². The van der Waals surface area contributed by atoms with Gasteiger partial charge in [0.25, 0.3) is 0 Å². The van der Waals surface area contributed by atoms with E-state index in [1.165, 1.54) is 0 Å². The van der Waals surface area contributed by atoms with Crippen LogP contribution >= 0.6 is 0 Å². The third-order valence-electron chi connectivity index (χ3n) is 1.87. The molecule has 1 saturated heterocycles. The maximum Gasteiger partial charge on any atom is 0.306 e. The highest BCUT2D eigenvalue weighted by Gasteiger charge is 2.26. The molecule has 0 aromatic carbocycles. The number of nitrogens with zero attached hydrogens (tertiary/aromatic N) is 1. The van der Waals surface area contributed by atoms with Crippen LogP contribution in [0.3, 0.4) is 0 Å². The average Bonchev–Trinajstić information content (AvgIpc) is 1.98. The maximum absolute atomic E-state index is 11.0. The number of likely N-dealkylation sites (N-methyl/N-ethyl adjacent to an activating group) is 1. The fraction of sp³-hybridized carbons (Fsp3) is 0.750. The lowest BCUT2D eigenvalue weighted by atomic mass is 10.2. The maximum atomic E-state index is 11.0. The van der Waals surface area contributed by atoms with Gasteiger partial charge in [0.15, 0.2) is 0 Å². The second-order valence-corrected chi connectivity index (χ2v) is 3.23. The number of carbonyl (C=O) groups excluding carboxylic acids is 1. The van der Waals surface area contributed by atoms with E-state index in [9.17, 15) is 9.59 Å². The molecule has 5 heteroatoms. The first-order chi connectivity index (χ1) is 6.08. The van der Waals surface area contributed by atoms with Crippen LogP contribution in [0.25, 0.3) is 0 Å². The molecule has 1 aliphatic heterocycles. The first-order valence-corrected chi connectivity index (χ1v) is 4.17. The predicted molar refractivity (Wildman–Crippen MR) is 44.2 cm³/mol. The second-order valence-electron chi connectivity index (χ2n) is 3.23. The average molecular weight is 187 g/mol. The summed E-state index contributed by atoms with van der Waals surface area (Å²) in [5.74, 6) is -1.39. The summed E-state index contributed by atoms with van der Waals surface area (Å²) < 4.78 is 4.96. The lowest BCUT2D eigenvalue weighted by Gasteiger charge is -2.35. The minimum atomic E-state index is -0.970. The number of carbonyl (C=O) groups is 2. The third-order valence-corrected chi connectivity index (χ3v) is 1.87. The minimum absolute atomic E-state index is 0.0322. The van der Waals surface area contributed by atoms with Crippen LogP contribution in [0, 0.1) is 0 Å². The fourth-order valence-electron chi connectivity index (χ4n) is 1.17. The summed E-state index contributed by atoms with van der Waals surface area (Å²) in [6.07, 6.45) is -0.219. The summed E-state index contributed by atoms with van der Waals surface area (Å²) in [6, 6.07) is 0. The molecule has 1 rings (SSSR count). The van der Waals surface area contributed by atoms with Gasteiger partial charge in [0, 0.05) is 13.1 Å². The summed E-state index contributed by atoms with van der Waals surface area (Å²) in [7, 11) is 1.93. The first kappa shape index (κ1) is 9.98. The van der Waals surface area contributed by atoms with E-state index in [-0.39, 0.29) is 18.9 Å².